The number of carbonyl (C=O) groups excluding carboxylic acids is 2. The number of alkyl halides is 3. The minimum absolute atomic E-state index is 0.219. The summed E-state index contributed by atoms with van der Waals surface area (Å²) in [4.78, 5) is 23.8. The normalized spacial score (nSPS) is 11.6. The summed E-state index contributed by atoms with van der Waals surface area (Å²) in [5.41, 5.74) is -1.01. The number of amides is 2. The zero-order valence-corrected chi connectivity index (χ0v) is 19.7. The molecule has 0 radical (unpaired) electrons. The number of anilines is 3. The van der Waals surface area contributed by atoms with E-state index in [0.29, 0.717) is 16.1 Å². The number of rotatable bonds is 7. The third-order valence-corrected chi connectivity index (χ3v) is 6.75. The lowest BCUT2D eigenvalue weighted by Crippen LogP contribution is -2.38. The third-order valence-electron chi connectivity index (χ3n) is 4.63. The molecule has 0 aromatic heterocycles. The molecule has 7 nitrogen and oxygen atoms in total. The zero-order chi connectivity index (χ0) is 25.8. The van der Waals surface area contributed by atoms with Gasteiger partial charge in [-0.15, -0.1) is 0 Å². The van der Waals surface area contributed by atoms with Crippen LogP contribution in [0, 0.1) is 0 Å². The minimum atomic E-state index is -4.85. The molecule has 2 amide bonds. The van der Waals surface area contributed by atoms with E-state index in [-0.39, 0.29) is 16.5 Å². The zero-order valence-electron chi connectivity index (χ0n) is 18.1. The lowest BCUT2D eigenvalue weighted by molar-refractivity contribution is -0.137. The van der Waals surface area contributed by atoms with Crippen LogP contribution in [0.25, 0.3) is 0 Å². The molecule has 2 N–H and O–H groups in total. The Kier molecular flexibility index (Phi) is 7.71. The summed E-state index contributed by atoms with van der Waals surface area (Å²) in [5, 5.41) is 4.42. The van der Waals surface area contributed by atoms with Crippen molar-refractivity contribution in [1.29, 1.82) is 0 Å². The van der Waals surface area contributed by atoms with Crippen LogP contribution in [0.5, 0.6) is 0 Å². The summed E-state index contributed by atoms with van der Waals surface area (Å²) in [6.45, 7) is 0.472. The summed E-state index contributed by atoms with van der Waals surface area (Å²) in [6, 6.07) is 15.6. The fraction of sp³-hybridized carbons (Fsp3) is 0.130. The predicted octanol–water partition coefficient (Wildman–Crippen LogP) is 5.15. The summed E-state index contributed by atoms with van der Waals surface area (Å²) >= 11 is 5.68. The van der Waals surface area contributed by atoms with Crippen molar-refractivity contribution in [2.24, 2.45) is 0 Å². The van der Waals surface area contributed by atoms with Crippen molar-refractivity contribution in [1.82, 2.24) is 0 Å². The van der Waals surface area contributed by atoms with E-state index < -0.39 is 44.9 Å². The van der Waals surface area contributed by atoms with Crippen LogP contribution in [0.4, 0.5) is 30.2 Å². The first kappa shape index (κ1) is 26.0. The largest absolute Gasteiger partial charge is 0.417 e. The van der Waals surface area contributed by atoms with Gasteiger partial charge in [0.25, 0.3) is 10.0 Å². The SMILES string of the molecule is CC(=O)Nc1cccc(NC(=O)CN(c2ccc(Cl)c(C(F)(F)F)c2)S(=O)(=O)c2ccccc2)c1. The van der Waals surface area contributed by atoms with Gasteiger partial charge in [0.2, 0.25) is 11.8 Å². The summed E-state index contributed by atoms with van der Waals surface area (Å²) in [6.07, 6.45) is -4.85. The molecule has 0 heterocycles. The molecule has 0 aliphatic rings. The van der Waals surface area contributed by atoms with Gasteiger partial charge in [-0.25, -0.2) is 8.42 Å². The fourth-order valence-electron chi connectivity index (χ4n) is 3.13. The molecule has 0 spiro atoms. The summed E-state index contributed by atoms with van der Waals surface area (Å²) in [7, 11) is -4.44. The van der Waals surface area contributed by atoms with Gasteiger partial charge >= 0.3 is 6.18 Å². The molecule has 35 heavy (non-hydrogen) atoms. The Morgan fingerprint density at radius 2 is 1.54 bits per heavy atom. The van der Waals surface area contributed by atoms with E-state index in [1.807, 2.05) is 0 Å². The van der Waals surface area contributed by atoms with E-state index in [1.54, 1.807) is 18.2 Å². The van der Waals surface area contributed by atoms with Gasteiger partial charge in [-0.2, -0.15) is 13.2 Å². The molecule has 0 saturated carbocycles. The van der Waals surface area contributed by atoms with Crippen molar-refractivity contribution in [3.8, 4) is 0 Å². The van der Waals surface area contributed by atoms with Crippen LogP contribution in [0.1, 0.15) is 12.5 Å². The molecular formula is C23H19ClF3N3O4S. The molecule has 0 atom stereocenters. The molecule has 0 aliphatic heterocycles. The summed E-state index contributed by atoms with van der Waals surface area (Å²) < 4.78 is 67.5. The molecule has 3 aromatic carbocycles. The van der Waals surface area contributed by atoms with Crippen molar-refractivity contribution in [2.45, 2.75) is 18.0 Å². The van der Waals surface area contributed by atoms with Crippen molar-refractivity contribution in [2.75, 3.05) is 21.5 Å². The Morgan fingerprint density at radius 3 is 2.14 bits per heavy atom. The Labute approximate surface area is 204 Å². The number of sulfonamides is 1. The first-order valence-corrected chi connectivity index (χ1v) is 11.8. The van der Waals surface area contributed by atoms with E-state index in [2.05, 4.69) is 10.6 Å². The standard InChI is InChI=1S/C23H19ClF3N3O4S/c1-15(31)28-16-6-5-7-17(12-16)29-22(32)14-30(35(33,34)19-8-3-2-4-9-19)18-10-11-21(24)20(13-18)23(25,26)27/h2-13H,14H2,1H3,(H,28,31)(H,29,32). The van der Waals surface area contributed by atoms with Crippen LogP contribution in [-0.4, -0.2) is 26.8 Å². The molecule has 3 rings (SSSR count). The lowest BCUT2D eigenvalue weighted by atomic mass is 10.2. The Hall–Kier alpha value is -3.57. The van der Waals surface area contributed by atoms with Gasteiger partial charge in [0.05, 0.1) is 21.2 Å². The second-order valence-corrected chi connectivity index (χ2v) is 9.57. The van der Waals surface area contributed by atoms with E-state index in [4.69, 9.17) is 11.6 Å². The molecule has 0 bridgehead atoms. The highest BCUT2D eigenvalue weighted by Crippen LogP contribution is 2.38. The van der Waals surface area contributed by atoms with E-state index in [0.717, 1.165) is 12.1 Å². The molecule has 0 fully saturated rings. The van der Waals surface area contributed by atoms with E-state index in [9.17, 15) is 31.2 Å². The van der Waals surface area contributed by atoms with Crippen molar-refractivity contribution in [3.05, 3.63) is 83.4 Å². The quantitative estimate of drug-likeness (QED) is 0.446. The van der Waals surface area contributed by atoms with Gasteiger partial charge < -0.3 is 10.6 Å². The monoisotopic (exact) mass is 525 g/mol. The Balaban J connectivity index is 1.99. The van der Waals surface area contributed by atoms with Gasteiger partial charge in [-0.1, -0.05) is 35.9 Å². The number of hydrogen-bond donors (Lipinski definition) is 2. The van der Waals surface area contributed by atoms with Crippen LogP contribution in [0.2, 0.25) is 5.02 Å². The molecule has 0 aliphatic carbocycles. The highest BCUT2D eigenvalue weighted by molar-refractivity contribution is 7.92. The highest BCUT2D eigenvalue weighted by Gasteiger charge is 2.35. The Bertz CT molecular complexity index is 1350. The second-order valence-electron chi connectivity index (χ2n) is 7.30. The van der Waals surface area contributed by atoms with Crippen LogP contribution in [-0.2, 0) is 25.8 Å². The first-order chi connectivity index (χ1) is 16.4. The van der Waals surface area contributed by atoms with E-state index >= 15 is 0 Å². The molecule has 12 heteroatoms. The topological polar surface area (TPSA) is 95.6 Å². The van der Waals surface area contributed by atoms with Crippen molar-refractivity contribution < 1.29 is 31.2 Å². The molecule has 0 unspecified atom stereocenters. The van der Waals surface area contributed by atoms with Crippen LogP contribution >= 0.6 is 11.6 Å². The smallest absolute Gasteiger partial charge is 0.326 e. The number of benzene rings is 3. The van der Waals surface area contributed by atoms with Gasteiger partial charge in [0.1, 0.15) is 6.54 Å². The second kappa shape index (κ2) is 10.4. The van der Waals surface area contributed by atoms with Gasteiger partial charge in [-0.05, 0) is 48.5 Å². The average Bonchev–Trinajstić information content (AvgIpc) is 2.77. The lowest BCUT2D eigenvalue weighted by Gasteiger charge is -2.25. The van der Waals surface area contributed by atoms with Crippen LogP contribution in [0.3, 0.4) is 0 Å². The third kappa shape index (κ3) is 6.52. The maximum Gasteiger partial charge on any atom is 0.417 e. The molecule has 0 saturated heterocycles. The predicted molar refractivity (Wildman–Crippen MR) is 127 cm³/mol. The van der Waals surface area contributed by atoms with Crippen LogP contribution in [0.15, 0.2) is 77.7 Å². The number of carbonyl (C=O) groups is 2. The summed E-state index contributed by atoms with van der Waals surface area (Å²) in [5.74, 6) is -1.16. The van der Waals surface area contributed by atoms with E-state index in [1.165, 1.54) is 43.3 Å². The molecule has 3 aromatic rings. The fourth-order valence-corrected chi connectivity index (χ4v) is 4.79. The Morgan fingerprint density at radius 1 is 0.914 bits per heavy atom. The van der Waals surface area contributed by atoms with Gasteiger partial charge in [-0.3, -0.25) is 13.9 Å². The molecular weight excluding hydrogens is 507 g/mol. The number of halogens is 4. The molecule has 184 valence electrons. The number of hydrogen-bond acceptors (Lipinski definition) is 4. The maximum atomic E-state index is 13.4. The number of nitrogens with one attached hydrogen (secondary N) is 2. The average molecular weight is 526 g/mol. The maximum absolute atomic E-state index is 13.4. The minimum Gasteiger partial charge on any atom is -0.326 e. The van der Waals surface area contributed by atoms with Gasteiger partial charge in [0.15, 0.2) is 0 Å². The first-order valence-electron chi connectivity index (χ1n) is 10.00. The van der Waals surface area contributed by atoms with Crippen molar-refractivity contribution in [3.63, 3.8) is 0 Å². The highest BCUT2D eigenvalue weighted by atomic mass is 35.5. The number of nitrogens with zero attached hydrogens (tertiary/aromatic N) is 1. The van der Waals surface area contributed by atoms with Crippen LogP contribution < -0.4 is 14.9 Å². The van der Waals surface area contributed by atoms with Crippen molar-refractivity contribution >= 4 is 50.5 Å². The van der Waals surface area contributed by atoms with Gasteiger partial charge in [0, 0.05) is 18.3 Å².